The summed E-state index contributed by atoms with van der Waals surface area (Å²) in [5, 5.41) is 12.4. The number of methoxy groups -OCH3 is 1. The average molecular weight is 293 g/mol. The van der Waals surface area contributed by atoms with Crippen molar-refractivity contribution in [2.45, 2.75) is 46.1 Å². The number of amides is 1. The van der Waals surface area contributed by atoms with E-state index in [1.54, 1.807) is 7.11 Å². The maximum atomic E-state index is 12.5. The molecule has 0 bridgehead atoms. The van der Waals surface area contributed by atoms with E-state index in [-0.39, 0.29) is 29.9 Å². The van der Waals surface area contributed by atoms with Crippen LogP contribution in [-0.4, -0.2) is 30.8 Å². The number of hydrogen-bond acceptors (Lipinski definition) is 3. The molecule has 4 heteroatoms. The van der Waals surface area contributed by atoms with E-state index in [0.717, 1.165) is 11.3 Å². The molecule has 0 aliphatic carbocycles. The summed E-state index contributed by atoms with van der Waals surface area (Å²) in [4.78, 5) is 12.5. The van der Waals surface area contributed by atoms with Crippen LogP contribution < -0.4 is 10.1 Å². The summed E-state index contributed by atoms with van der Waals surface area (Å²) in [6, 6.07) is 7.30. The Morgan fingerprint density at radius 1 is 1.29 bits per heavy atom. The Hall–Kier alpha value is -1.55. The topological polar surface area (TPSA) is 58.6 Å². The lowest BCUT2D eigenvalue weighted by molar-refractivity contribution is -0.124. The lowest BCUT2D eigenvalue weighted by Crippen LogP contribution is -2.47. The number of aliphatic hydroxyl groups excluding tert-OH is 1. The van der Waals surface area contributed by atoms with Gasteiger partial charge in [0.2, 0.25) is 5.91 Å². The van der Waals surface area contributed by atoms with Gasteiger partial charge in [-0.1, -0.05) is 39.8 Å². The fourth-order valence-corrected chi connectivity index (χ4v) is 2.22. The second-order valence-corrected chi connectivity index (χ2v) is 6.34. The molecule has 1 rings (SSSR count). The van der Waals surface area contributed by atoms with Gasteiger partial charge < -0.3 is 15.2 Å². The Bertz CT molecular complexity index is 448. The quantitative estimate of drug-likeness (QED) is 0.848. The van der Waals surface area contributed by atoms with E-state index in [9.17, 15) is 9.90 Å². The zero-order valence-electron chi connectivity index (χ0n) is 13.6. The molecule has 2 N–H and O–H groups in total. The molecule has 0 saturated heterocycles. The van der Waals surface area contributed by atoms with Crippen molar-refractivity contribution < 1.29 is 14.6 Å². The second-order valence-electron chi connectivity index (χ2n) is 6.34. The number of ether oxygens (including phenoxy) is 1. The predicted molar refractivity (Wildman–Crippen MR) is 84.5 cm³/mol. The fourth-order valence-electron chi connectivity index (χ4n) is 2.22. The highest BCUT2D eigenvalue weighted by atomic mass is 16.5. The Balaban J connectivity index is 2.85. The molecule has 0 unspecified atom stereocenters. The average Bonchev–Trinajstić information content (AvgIpc) is 2.45. The van der Waals surface area contributed by atoms with Crippen molar-refractivity contribution in [2.75, 3.05) is 13.7 Å². The van der Waals surface area contributed by atoms with Crippen LogP contribution in [0.5, 0.6) is 5.75 Å². The van der Waals surface area contributed by atoms with Crippen molar-refractivity contribution in [2.24, 2.45) is 5.41 Å². The molecule has 0 aliphatic rings. The highest BCUT2D eigenvalue weighted by Gasteiger charge is 2.28. The van der Waals surface area contributed by atoms with Gasteiger partial charge in [0.05, 0.1) is 25.7 Å². The van der Waals surface area contributed by atoms with E-state index >= 15 is 0 Å². The molecule has 118 valence electrons. The minimum absolute atomic E-state index is 0.0448. The third kappa shape index (κ3) is 4.74. The summed E-state index contributed by atoms with van der Waals surface area (Å²) in [7, 11) is 1.62. The monoisotopic (exact) mass is 293 g/mol. The molecule has 4 nitrogen and oxygen atoms in total. The van der Waals surface area contributed by atoms with E-state index in [0.29, 0.717) is 6.42 Å². The first-order chi connectivity index (χ1) is 9.83. The number of nitrogens with one attached hydrogen (secondary N) is 1. The van der Waals surface area contributed by atoms with E-state index in [4.69, 9.17) is 4.74 Å². The Kier molecular flexibility index (Phi) is 6.21. The van der Waals surface area contributed by atoms with Crippen molar-refractivity contribution in [3.63, 3.8) is 0 Å². The van der Waals surface area contributed by atoms with Crippen LogP contribution >= 0.6 is 0 Å². The zero-order valence-corrected chi connectivity index (χ0v) is 13.6. The van der Waals surface area contributed by atoms with Gasteiger partial charge in [-0.05, 0) is 29.5 Å². The first-order valence-corrected chi connectivity index (χ1v) is 7.38. The highest BCUT2D eigenvalue weighted by molar-refractivity contribution is 5.84. The van der Waals surface area contributed by atoms with Crippen LogP contribution in [0.4, 0.5) is 0 Å². The highest BCUT2D eigenvalue weighted by Crippen LogP contribution is 2.24. The Morgan fingerprint density at radius 2 is 1.86 bits per heavy atom. The van der Waals surface area contributed by atoms with Gasteiger partial charge >= 0.3 is 0 Å². The summed E-state index contributed by atoms with van der Waals surface area (Å²) >= 11 is 0. The lowest BCUT2D eigenvalue weighted by Gasteiger charge is -2.31. The SMILES string of the molecule is CC[C@H](C(=O)N[C@H](CO)C(C)(C)C)c1ccc(OC)cc1. The second kappa shape index (κ2) is 7.46. The van der Waals surface area contributed by atoms with Gasteiger partial charge in [0, 0.05) is 0 Å². The number of aliphatic hydroxyl groups is 1. The maximum Gasteiger partial charge on any atom is 0.227 e. The molecule has 1 aromatic rings. The normalized spacial score (nSPS) is 14.4. The molecule has 0 fully saturated rings. The molecule has 0 saturated carbocycles. The van der Waals surface area contributed by atoms with Gasteiger partial charge in [-0.2, -0.15) is 0 Å². The van der Waals surface area contributed by atoms with Crippen LogP contribution in [0.15, 0.2) is 24.3 Å². The van der Waals surface area contributed by atoms with Crippen molar-refractivity contribution in [1.29, 1.82) is 0 Å². The van der Waals surface area contributed by atoms with E-state index in [2.05, 4.69) is 5.32 Å². The van der Waals surface area contributed by atoms with Gasteiger partial charge in [0.1, 0.15) is 5.75 Å². The number of carbonyl (C=O) groups excluding carboxylic acids is 1. The summed E-state index contributed by atoms with van der Waals surface area (Å²) < 4.78 is 5.14. The van der Waals surface area contributed by atoms with Crippen LogP contribution in [0.25, 0.3) is 0 Å². The zero-order chi connectivity index (χ0) is 16.0. The summed E-state index contributed by atoms with van der Waals surface area (Å²) in [6.45, 7) is 7.93. The van der Waals surface area contributed by atoms with Gasteiger partial charge in [-0.25, -0.2) is 0 Å². The van der Waals surface area contributed by atoms with Gasteiger partial charge in [0.15, 0.2) is 0 Å². The minimum Gasteiger partial charge on any atom is -0.497 e. The Labute approximate surface area is 127 Å². The van der Waals surface area contributed by atoms with Gasteiger partial charge in [-0.3, -0.25) is 4.79 Å². The van der Waals surface area contributed by atoms with Crippen molar-refractivity contribution in [3.8, 4) is 5.75 Å². The first kappa shape index (κ1) is 17.5. The first-order valence-electron chi connectivity index (χ1n) is 7.38. The van der Waals surface area contributed by atoms with Gasteiger partial charge in [0.25, 0.3) is 0 Å². The maximum absolute atomic E-state index is 12.5. The third-order valence-corrected chi connectivity index (χ3v) is 3.79. The van der Waals surface area contributed by atoms with Crippen LogP contribution in [0.1, 0.15) is 45.6 Å². The van der Waals surface area contributed by atoms with Crippen LogP contribution in [0, 0.1) is 5.41 Å². The third-order valence-electron chi connectivity index (χ3n) is 3.79. The Morgan fingerprint density at radius 3 is 2.24 bits per heavy atom. The van der Waals surface area contributed by atoms with E-state index in [1.807, 2.05) is 52.0 Å². The summed E-state index contributed by atoms with van der Waals surface area (Å²) in [5.74, 6) is 0.515. The van der Waals surface area contributed by atoms with Crippen molar-refractivity contribution in [3.05, 3.63) is 29.8 Å². The standard InChI is InChI=1S/C17H27NO3/c1-6-14(12-7-9-13(21-5)10-8-12)16(20)18-15(11-19)17(2,3)4/h7-10,14-15,19H,6,11H2,1-5H3,(H,18,20)/t14-,15+/m0/s1. The number of rotatable bonds is 6. The summed E-state index contributed by atoms with van der Waals surface area (Å²) in [5.41, 5.74) is 0.782. The molecule has 0 aliphatic heterocycles. The van der Waals surface area contributed by atoms with E-state index < -0.39 is 0 Å². The lowest BCUT2D eigenvalue weighted by atomic mass is 9.86. The number of benzene rings is 1. The van der Waals surface area contributed by atoms with Crippen molar-refractivity contribution >= 4 is 5.91 Å². The molecule has 0 radical (unpaired) electrons. The minimum atomic E-state index is -0.253. The molecule has 21 heavy (non-hydrogen) atoms. The molecule has 1 aromatic carbocycles. The van der Waals surface area contributed by atoms with Crippen LogP contribution in [0.2, 0.25) is 0 Å². The molecule has 0 spiro atoms. The number of hydrogen-bond donors (Lipinski definition) is 2. The molecule has 1 amide bonds. The van der Waals surface area contributed by atoms with E-state index in [1.165, 1.54) is 0 Å². The van der Waals surface area contributed by atoms with Crippen molar-refractivity contribution in [1.82, 2.24) is 5.32 Å². The number of carbonyl (C=O) groups is 1. The van der Waals surface area contributed by atoms with Crippen LogP contribution in [-0.2, 0) is 4.79 Å². The summed E-state index contributed by atoms with van der Waals surface area (Å²) in [6.07, 6.45) is 0.709. The molecule has 0 aromatic heterocycles. The molecular formula is C17H27NO3. The molecular weight excluding hydrogens is 266 g/mol. The molecule has 0 heterocycles. The smallest absolute Gasteiger partial charge is 0.227 e. The largest absolute Gasteiger partial charge is 0.497 e. The molecule has 2 atom stereocenters. The van der Waals surface area contributed by atoms with Gasteiger partial charge in [-0.15, -0.1) is 0 Å². The fraction of sp³-hybridized carbons (Fsp3) is 0.588. The predicted octanol–water partition coefficient (Wildman–Crippen LogP) is 2.71. The van der Waals surface area contributed by atoms with Crippen LogP contribution in [0.3, 0.4) is 0 Å².